The number of amides is 1. The minimum atomic E-state index is -0.900. The van der Waals surface area contributed by atoms with Crippen LogP contribution >= 0.6 is 23.2 Å². The summed E-state index contributed by atoms with van der Waals surface area (Å²) in [6.07, 6.45) is 0. The maximum Gasteiger partial charge on any atom is 0.244 e. The Kier molecular flexibility index (Phi) is 4.47. The van der Waals surface area contributed by atoms with E-state index in [-0.39, 0.29) is 0 Å². The van der Waals surface area contributed by atoms with Crippen LogP contribution < -0.4 is 11.1 Å². The van der Waals surface area contributed by atoms with Crippen LogP contribution in [0.5, 0.6) is 0 Å². The Morgan fingerprint density at radius 1 is 1.20 bits per heavy atom. The van der Waals surface area contributed by atoms with Crippen molar-refractivity contribution in [3.05, 3.63) is 63.9 Å². The van der Waals surface area contributed by atoms with Crippen molar-refractivity contribution in [2.45, 2.75) is 6.04 Å². The van der Waals surface area contributed by atoms with Crippen molar-refractivity contribution in [3.8, 4) is 0 Å². The quantitative estimate of drug-likeness (QED) is 0.903. The number of anilines is 1. The maximum atomic E-state index is 13.2. The molecule has 0 fully saturated rings. The molecule has 2 aromatic rings. The lowest BCUT2D eigenvalue weighted by molar-refractivity contribution is -0.118. The molecule has 2 rings (SSSR count). The molecule has 1 unspecified atom stereocenters. The number of halogens is 3. The standard InChI is InChI=1S/C14H11Cl2FN2O/c15-8-4-5-12(16)11(6-8)13(14(18)20)19-10-3-1-2-9(17)7-10/h1-7,13,19H,(H2,18,20). The molecule has 0 saturated heterocycles. The molecule has 3 nitrogen and oxygen atoms in total. The van der Waals surface area contributed by atoms with Gasteiger partial charge in [-0.3, -0.25) is 4.79 Å². The molecule has 20 heavy (non-hydrogen) atoms. The molecule has 1 amide bonds. The van der Waals surface area contributed by atoms with Gasteiger partial charge in [0, 0.05) is 21.3 Å². The predicted molar refractivity (Wildman–Crippen MR) is 78.4 cm³/mol. The third-order valence-electron chi connectivity index (χ3n) is 2.69. The summed E-state index contributed by atoms with van der Waals surface area (Å²) in [5, 5.41) is 3.62. The lowest BCUT2D eigenvalue weighted by atomic mass is 10.1. The molecule has 0 bridgehead atoms. The van der Waals surface area contributed by atoms with Crippen molar-refractivity contribution in [2.24, 2.45) is 5.73 Å². The van der Waals surface area contributed by atoms with E-state index in [0.717, 1.165) is 0 Å². The second-order valence-corrected chi connectivity index (χ2v) is 5.00. The van der Waals surface area contributed by atoms with Crippen LogP contribution in [0.1, 0.15) is 11.6 Å². The van der Waals surface area contributed by atoms with Gasteiger partial charge in [-0.1, -0.05) is 29.3 Å². The molecule has 0 radical (unpaired) electrons. The molecule has 6 heteroatoms. The first kappa shape index (κ1) is 14.6. The first-order valence-corrected chi connectivity index (χ1v) is 6.49. The summed E-state index contributed by atoms with van der Waals surface area (Å²) in [6, 6.07) is 9.53. The van der Waals surface area contributed by atoms with Crippen LogP contribution in [0.4, 0.5) is 10.1 Å². The van der Waals surface area contributed by atoms with Gasteiger partial charge in [0.2, 0.25) is 5.91 Å². The highest BCUT2D eigenvalue weighted by atomic mass is 35.5. The fourth-order valence-electron chi connectivity index (χ4n) is 1.78. The Labute approximate surface area is 125 Å². The molecular weight excluding hydrogens is 302 g/mol. The Balaban J connectivity index is 2.37. The van der Waals surface area contributed by atoms with Gasteiger partial charge in [-0.2, -0.15) is 0 Å². The van der Waals surface area contributed by atoms with Crippen LogP contribution in [0.2, 0.25) is 10.0 Å². The Bertz CT molecular complexity index is 649. The van der Waals surface area contributed by atoms with Gasteiger partial charge in [-0.05, 0) is 36.4 Å². The van der Waals surface area contributed by atoms with Gasteiger partial charge in [-0.15, -0.1) is 0 Å². The largest absolute Gasteiger partial charge is 0.370 e. The van der Waals surface area contributed by atoms with Gasteiger partial charge in [0.15, 0.2) is 0 Å². The van der Waals surface area contributed by atoms with E-state index in [4.69, 9.17) is 28.9 Å². The summed E-state index contributed by atoms with van der Waals surface area (Å²) >= 11 is 11.9. The molecule has 2 aromatic carbocycles. The molecule has 0 spiro atoms. The van der Waals surface area contributed by atoms with Crippen LogP contribution in [0.25, 0.3) is 0 Å². The molecule has 0 saturated carbocycles. The molecule has 0 aliphatic rings. The monoisotopic (exact) mass is 312 g/mol. The number of nitrogens with two attached hydrogens (primary N) is 1. The zero-order valence-electron chi connectivity index (χ0n) is 10.2. The van der Waals surface area contributed by atoms with E-state index in [9.17, 15) is 9.18 Å². The highest BCUT2D eigenvalue weighted by Gasteiger charge is 2.21. The van der Waals surface area contributed by atoms with Gasteiger partial charge < -0.3 is 11.1 Å². The summed E-state index contributed by atoms with van der Waals surface area (Å²) in [5.41, 5.74) is 6.24. The van der Waals surface area contributed by atoms with Crippen molar-refractivity contribution in [3.63, 3.8) is 0 Å². The Hall–Kier alpha value is -1.78. The minimum absolute atomic E-state index is 0.349. The maximum absolute atomic E-state index is 13.2. The van der Waals surface area contributed by atoms with Crippen LogP contribution in [0.15, 0.2) is 42.5 Å². The zero-order chi connectivity index (χ0) is 14.7. The summed E-state index contributed by atoms with van der Waals surface area (Å²) in [6.45, 7) is 0. The molecule has 0 heterocycles. The SMILES string of the molecule is NC(=O)C(Nc1cccc(F)c1)c1cc(Cl)ccc1Cl. The van der Waals surface area contributed by atoms with E-state index in [2.05, 4.69) is 5.32 Å². The second kappa shape index (κ2) is 6.11. The van der Waals surface area contributed by atoms with E-state index < -0.39 is 17.8 Å². The van der Waals surface area contributed by atoms with E-state index in [1.54, 1.807) is 24.3 Å². The molecule has 1 atom stereocenters. The van der Waals surface area contributed by atoms with Gasteiger partial charge in [-0.25, -0.2) is 4.39 Å². The Morgan fingerprint density at radius 3 is 2.60 bits per heavy atom. The van der Waals surface area contributed by atoms with Crippen LogP contribution in [-0.4, -0.2) is 5.91 Å². The minimum Gasteiger partial charge on any atom is -0.370 e. The topological polar surface area (TPSA) is 55.1 Å². The van der Waals surface area contributed by atoms with Gasteiger partial charge >= 0.3 is 0 Å². The fourth-order valence-corrected chi connectivity index (χ4v) is 2.19. The van der Waals surface area contributed by atoms with E-state index in [1.807, 2.05) is 0 Å². The van der Waals surface area contributed by atoms with Crippen LogP contribution in [-0.2, 0) is 4.79 Å². The summed E-state index contributed by atoms with van der Waals surface area (Å²) in [7, 11) is 0. The van der Waals surface area contributed by atoms with E-state index in [0.29, 0.717) is 21.3 Å². The third kappa shape index (κ3) is 3.40. The molecule has 0 aromatic heterocycles. The fraction of sp³-hybridized carbons (Fsp3) is 0.0714. The number of rotatable bonds is 4. The molecule has 0 aliphatic heterocycles. The molecule has 3 N–H and O–H groups in total. The molecule has 104 valence electrons. The second-order valence-electron chi connectivity index (χ2n) is 4.16. The van der Waals surface area contributed by atoms with Crippen molar-refractivity contribution >= 4 is 34.8 Å². The normalized spacial score (nSPS) is 11.9. The number of benzene rings is 2. The molecule has 0 aliphatic carbocycles. The van der Waals surface area contributed by atoms with Crippen molar-refractivity contribution in [2.75, 3.05) is 5.32 Å². The highest BCUT2D eigenvalue weighted by molar-refractivity contribution is 6.33. The third-order valence-corrected chi connectivity index (χ3v) is 3.27. The van der Waals surface area contributed by atoms with Gasteiger partial charge in [0.05, 0.1) is 0 Å². The lowest BCUT2D eigenvalue weighted by Crippen LogP contribution is -2.28. The van der Waals surface area contributed by atoms with E-state index >= 15 is 0 Å². The summed E-state index contributed by atoms with van der Waals surface area (Å²) < 4.78 is 13.2. The van der Waals surface area contributed by atoms with Crippen molar-refractivity contribution in [1.82, 2.24) is 0 Å². The van der Waals surface area contributed by atoms with E-state index in [1.165, 1.54) is 18.2 Å². The average molecular weight is 313 g/mol. The van der Waals surface area contributed by atoms with Gasteiger partial charge in [0.1, 0.15) is 11.9 Å². The average Bonchev–Trinajstić information content (AvgIpc) is 2.39. The van der Waals surface area contributed by atoms with Gasteiger partial charge in [0.25, 0.3) is 0 Å². The predicted octanol–water partition coefficient (Wildman–Crippen LogP) is 3.77. The lowest BCUT2D eigenvalue weighted by Gasteiger charge is -2.18. The Morgan fingerprint density at radius 2 is 1.95 bits per heavy atom. The number of hydrogen-bond acceptors (Lipinski definition) is 2. The summed E-state index contributed by atoms with van der Waals surface area (Å²) in [5.74, 6) is -1.06. The van der Waals surface area contributed by atoms with Crippen molar-refractivity contribution < 1.29 is 9.18 Å². The summed E-state index contributed by atoms with van der Waals surface area (Å²) in [4.78, 5) is 11.6. The molecular formula is C14H11Cl2FN2O. The first-order chi connectivity index (χ1) is 9.47. The number of hydrogen-bond donors (Lipinski definition) is 2. The van der Waals surface area contributed by atoms with Crippen molar-refractivity contribution in [1.29, 1.82) is 0 Å². The number of carbonyl (C=O) groups is 1. The number of nitrogens with one attached hydrogen (secondary N) is 1. The number of primary amides is 1. The highest BCUT2D eigenvalue weighted by Crippen LogP contribution is 2.29. The smallest absolute Gasteiger partial charge is 0.244 e. The first-order valence-electron chi connectivity index (χ1n) is 5.74. The number of carbonyl (C=O) groups excluding carboxylic acids is 1. The van der Waals surface area contributed by atoms with Crippen LogP contribution in [0.3, 0.4) is 0 Å². The van der Waals surface area contributed by atoms with Crippen LogP contribution in [0, 0.1) is 5.82 Å². The zero-order valence-corrected chi connectivity index (χ0v) is 11.8.